The summed E-state index contributed by atoms with van der Waals surface area (Å²) >= 11 is 6.69. The van der Waals surface area contributed by atoms with Crippen LogP contribution in [0, 0.1) is 0 Å². The van der Waals surface area contributed by atoms with Crippen molar-refractivity contribution in [1.82, 2.24) is 14.8 Å². The Balaban J connectivity index is 1.39. The van der Waals surface area contributed by atoms with Gasteiger partial charge in [0.15, 0.2) is 0 Å². The Labute approximate surface area is 230 Å². The van der Waals surface area contributed by atoms with Crippen molar-refractivity contribution in [2.24, 2.45) is 0 Å². The van der Waals surface area contributed by atoms with E-state index in [0.717, 1.165) is 35.2 Å². The zero-order chi connectivity index (χ0) is 27.7. The number of aromatic nitrogens is 1. The minimum Gasteiger partial charge on any atom is -0.444 e. The number of anilines is 2. The number of halogens is 1. The van der Waals surface area contributed by atoms with E-state index in [9.17, 15) is 9.59 Å². The molecule has 10 heteroatoms. The molecule has 38 heavy (non-hydrogen) atoms. The first-order chi connectivity index (χ1) is 17.8. The van der Waals surface area contributed by atoms with Gasteiger partial charge in [0.25, 0.3) is 0 Å². The van der Waals surface area contributed by atoms with Crippen LogP contribution < -0.4 is 10.2 Å². The van der Waals surface area contributed by atoms with Crippen molar-refractivity contribution in [3.8, 4) is 0 Å². The lowest BCUT2D eigenvalue weighted by atomic mass is 10.1. The Morgan fingerprint density at radius 1 is 0.921 bits per heavy atom. The second-order valence-electron chi connectivity index (χ2n) is 12.1. The summed E-state index contributed by atoms with van der Waals surface area (Å²) in [6.45, 7) is 14.9. The third-order valence-electron chi connectivity index (χ3n) is 6.42. The van der Waals surface area contributed by atoms with Crippen molar-refractivity contribution in [3.63, 3.8) is 0 Å². The molecule has 0 spiro atoms. The number of carbonyl (C=O) groups is 2. The standard InChI is InChI=1S/C28H40ClN5O4/c1-27(2,3)37-25(35)33-14-12-32(13-15-33)24-22(29)17-19-16-20(9-10-23(19)31-24)30-21-8-7-11-34(18-21)26(36)38-28(4,5)6/h9-10,16-17,21,30H,7-8,11-15,18H2,1-6H3. The zero-order valence-electron chi connectivity index (χ0n) is 23.3. The van der Waals surface area contributed by atoms with Crippen molar-refractivity contribution < 1.29 is 19.1 Å². The van der Waals surface area contributed by atoms with Crippen LogP contribution in [0.2, 0.25) is 5.02 Å². The van der Waals surface area contributed by atoms with Gasteiger partial charge in [-0.1, -0.05) is 11.6 Å². The van der Waals surface area contributed by atoms with Gasteiger partial charge in [0.1, 0.15) is 17.0 Å². The largest absolute Gasteiger partial charge is 0.444 e. The number of rotatable bonds is 3. The Kier molecular flexibility index (Phi) is 8.16. The highest BCUT2D eigenvalue weighted by atomic mass is 35.5. The highest BCUT2D eigenvalue weighted by Crippen LogP contribution is 2.31. The predicted octanol–water partition coefficient (Wildman–Crippen LogP) is 5.76. The highest BCUT2D eigenvalue weighted by Gasteiger charge is 2.29. The molecule has 1 N–H and O–H groups in total. The molecule has 9 nitrogen and oxygen atoms in total. The molecular formula is C28H40ClN5O4. The van der Waals surface area contributed by atoms with Gasteiger partial charge in [-0.15, -0.1) is 0 Å². The molecular weight excluding hydrogens is 506 g/mol. The number of likely N-dealkylation sites (tertiary alicyclic amines) is 1. The number of fused-ring (bicyclic) bond motifs is 1. The van der Waals surface area contributed by atoms with Gasteiger partial charge in [-0.3, -0.25) is 0 Å². The molecule has 4 rings (SSSR count). The zero-order valence-corrected chi connectivity index (χ0v) is 24.1. The normalized spacial score (nSPS) is 18.9. The Hall–Kier alpha value is -2.94. The van der Waals surface area contributed by atoms with Gasteiger partial charge in [0.05, 0.1) is 10.5 Å². The molecule has 1 aromatic heterocycles. The molecule has 2 fully saturated rings. The summed E-state index contributed by atoms with van der Waals surface area (Å²) < 4.78 is 11.0. The van der Waals surface area contributed by atoms with Crippen LogP contribution in [0.25, 0.3) is 10.9 Å². The van der Waals surface area contributed by atoms with Crippen molar-refractivity contribution in [2.45, 2.75) is 71.6 Å². The fraction of sp³-hybridized carbons (Fsp3) is 0.607. The summed E-state index contributed by atoms with van der Waals surface area (Å²) in [6.07, 6.45) is 1.34. The van der Waals surface area contributed by atoms with Gasteiger partial charge >= 0.3 is 12.2 Å². The average Bonchev–Trinajstić information content (AvgIpc) is 2.82. The van der Waals surface area contributed by atoms with Gasteiger partial charge in [-0.05, 0) is 78.6 Å². The van der Waals surface area contributed by atoms with E-state index < -0.39 is 11.2 Å². The van der Waals surface area contributed by atoms with Crippen molar-refractivity contribution >= 4 is 46.2 Å². The lowest BCUT2D eigenvalue weighted by molar-refractivity contribution is 0.0203. The molecule has 2 aromatic rings. The van der Waals surface area contributed by atoms with E-state index in [-0.39, 0.29) is 18.2 Å². The number of amides is 2. The smallest absolute Gasteiger partial charge is 0.410 e. The highest BCUT2D eigenvalue weighted by molar-refractivity contribution is 6.33. The molecule has 3 heterocycles. The van der Waals surface area contributed by atoms with Crippen LogP contribution in [0.15, 0.2) is 24.3 Å². The van der Waals surface area contributed by atoms with Crippen molar-refractivity contribution in [1.29, 1.82) is 0 Å². The molecule has 0 radical (unpaired) electrons. The lowest BCUT2D eigenvalue weighted by Crippen LogP contribution is -2.50. The third-order valence-corrected chi connectivity index (χ3v) is 6.70. The Bertz CT molecular complexity index is 1170. The Morgan fingerprint density at radius 3 is 2.18 bits per heavy atom. The molecule has 0 bridgehead atoms. The first kappa shape index (κ1) is 28.1. The molecule has 208 valence electrons. The monoisotopic (exact) mass is 545 g/mol. The number of hydrogen-bond donors (Lipinski definition) is 1. The van der Waals surface area contributed by atoms with Gasteiger partial charge in [-0.25, -0.2) is 14.6 Å². The number of nitrogens with zero attached hydrogens (tertiary/aromatic N) is 4. The first-order valence-electron chi connectivity index (χ1n) is 13.3. The van der Waals surface area contributed by atoms with Crippen LogP contribution in [0.1, 0.15) is 54.4 Å². The molecule has 2 aliphatic heterocycles. The van der Waals surface area contributed by atoms with Crippen LogP contribution in [-0.4, -0.2) is 83.5 Å². The topological polar surface area (TPSA) is 87.2 Å². The lowest BCUT2D eigenvalue weighted by Gasteiger charge is -2.36. The fourth-order valence-corrected chi connectivity index (χ4v) is 4.98. The minimum absolute atomic E-state index is 0.137. The van der Waals surface area contributed by atoms with Crippen LogP contribution >= 0.6 is 11.6 Å². The molecule has 2 saturated heterocycles. The number of nitrogens with one attached hydrogen (secondary N) is 1. The van der Waals surface area contributed by atoms with Gasteiger partial charge in [0.2, 0.25) is 0 Å². The van der Waals surface area contributed by atoms with Gasteiger partial charge < -0.3 is 29.5 Å². The third kappa shape index (κ3) is 7.34. The predicted molar refractivity (Wildman–Crippen MR) is 151 cm³/mol. The molecule has 1 aromatic carbocycles. The van der Waals surface area contributed by atoms with E-state index in [4.69, 9.17) is 26.1 Å². The van der Waals surface area contributed by atoms with E-state index >= 15 is 0 Å². The molecule has 2 amide bonds. The SMILES string of the molecule is CC(C)(C)OC(=O)N1CCN(c2nc3ccc(NC4CCCN(C(=O)OC(C)(C)C)C4)cc3cc2Cl)CC1. The number of carbonyl (C=O) groups excluding carboxylic acids is 2. The van der Waals surface area contributed by atoms with Gasteiger partial charge in [0, 0.05) is 56.4 Å². The van der Waals surface area contributed by atoms with Crippen molar-refractivity contribution in [3.05, 3.63) is 29.3 Å². The summed E-state index contributed by atoms with van der Waals surface area (Å²) in [7, 11) is 0. The van der Waals surface area contributed by atoms with Gasteiger partial charge in [-0.2, -0.15) is 0 Å². The maximum absolute atomic E-state index is 12.5. The first-order valence-corrected chi connectivity index (χ1v) is 13.7. The van der Waals surface area contributed by atoms with Crippen LogP contribution in [0.3, 0.4) is 0 Å². The average molecular weight is 546 g/mol. The second-order valence-corrected chi connectivity index (χ2v) is 12.5. The summed E-state index contributed by atoms with van der Waals surface area (Å²) in [6, 6.07) is 8.13. The molecule has 1 atom stereocenters. The summed E-state index contributed by atoms with van der Waals surface area (Å²) in [5.74, 6) is 0.726. The minimum atomic E-state index is -0.514. The van der Waals surface area contributed by atoms with E-state index in [1.165, 1.54) is 0 Å². The number of hydrogen-bond acceptors (Lipinski definition) is 7. The van der Waals surface area contributed by atoms with Crippen molar-refractivity contribution in [2.75, 3.05) is 49.5 Å². The van der Waals surface area contributed by atoms with Crippen LogP contribution in [0.5, 0.6) is 0 Å². The quantitative estimate of drug-likeness (QED) is 0.525. The Morgan fingerprint density at radius 2 is 1.55 bits per heavy atom. The molecule has 2 aliphatic rings. The van der Waals surface area contributed by atoms with E-state index in [1.807, 2.05) is 65.8 Å². The maximum Gasteiger partial charge on any atom is 0.410 e. The summed E-state index contributed by atoms with van der Waals surface area (Å²) in [5.41, 5.74) is 0.792. The van der Waals surface area contributed by atoms with E-state index in [0.29, 0.717) is 44.3 Å². The summed E-state index contributed by atoms with van der Waals surface area (Å²) in [5, 5.41) is 5.09. The number of benzene rings is 1. The number of pyridine rings is 1. The molecule has 0 aliphatic carbocycles. The second kappa shape index (κ2) is 11.0. The van der Waals surface area contributed by atoms with E-state index in [2.05, 4.69) is 10.2 Å². The van der Waals surface area contributed by atoms with Crippen LogP contribution in [0.4, 0.5) is 21.1 Å². The fourth-order valence-electron chi connectivity index (χ4n) is 4.70. The molecule has 0 saturated carbocycles. The number of piperazine rings is 1. The van der Waals surface area contributed by atoms with Crippen LogP contribution in [-0.2, 0) is 9.47 Å². The number of piperidine rings is 1. The summed E-state index contributed by atoms with van der Waals surface area (Å²) in [4.78, 5) is 35.4. The molecule has 1 unspecified atom stereocenters. The number of ether oxygens (including phenoxy) is 2. The van der Waals surface area contributed by atoms with E-state index in [1.54, 1.807) is 9.80 Å². The maximum atomic E-state index is 12.5.